The van der Waals surface area contributed by atoms with Crippen molar-refractivity contribution < 1.29 is 23.1 Å². The lowest BCUT2D eigenvalue weighted by atomic mass is 10.2. The van der Waals surface area contributed by atoms with Crippen molar-refractivity contribution in [3.05, 3.63) is 83.7 Å². The van der Waals surface area contributed by atoms with Gasteiger partial charge in [-0.2, -0.15) is 5.10 Å². The van der Waals surface area contributed by atoms with Crippen molar-refractivity contribution >= 4 is 17.6 Å². The predicted octanol–water partition coefficient (Wildman–Crippen LogP) is 3.01. The van der Waals surface area contributed by atoms with Gasteiger partial charge >= 0.3 is 5.97 Å². The van der Waals surface area contributed by atoms with E-state index in [9.17, 15) is 18.4 Å². The fourth-order valence-corrected chi connectivity index (χ4v) is 2.32. The molecule has 0 aliphatic rings. The third-order valence-electron chi connectivity index (χ3n) is 3.59. The Kier molecular flexibility index (Phi) is 5.55. The Balaban J connectivity index is 1.53. The number of halogens is 2. The van der Waals surface area contributed by atoms with Crippen molar-refractivity contribution in [3.63, 3.8) is 0 Å². The molecule has 0 unspecified atom stereocenters. The summed E-state index contributed by atoms with van der Waals surface area (Å²) in [4.78, 5) is 23.8. The Morgan fingerprint density at radius 1 is 1.11 bits per heavy atom. The molecule has 0 radical (unpaired) electrons. The molecule has 138 valence electrons. The summed E-state index contributed by atoms with van der Waals surface area (Å²) in [5, 5.41) is 6.22. The van der Waals surface area contributed by atoms with E-state index in [1.807, 2.05) is 30.3 Å². The zero-order valence-electron chi connectivity index (χ0n) is 14.1. The van der Waals surface area contributed by atoms with Crippen LogP contribution in [0.2, 0.25) is 0 Å². The number of esters is 1. The lowest BCUT2D eigenvalue weighted by molar-refractivity contribution is -0.119. The maximum Gasteiger partial charge on any atom is 0.341 e. The molecule has 0 atom stereocenters. The van der Waals surface area contributed by atoms with E-state index in [4.69, 9.17) is 4.74 Å². The van der Waals surface area contributed by atoms with E-state index < -0.39 is 30.1 Å². The molecule has 1 amide bonds. The number of anilines is 1. The van der Waals surface area contributed by atoms with Gasteiger partial charge in [0.25, 0.3) is 5.91 Å². The van der Waals surface area contributed by atoms with E-state index in [0.717, 1.165) is 23.8 Å². The molecule has 8 heteroatoms. The summed E-state index contributed by atoms with van der Waals surface area (Å²) >= 11 is 0. The Labute approximate surface area is 153 Å². The molecule has 6 nitrogen and oxygen atoms in total. The summed E-state index contributed by atoms with van der Waals surface area (Å²) in [5.41, 5.74) is 0.861. The highest BCUT2D eigenvalue weighted by Gasteiger charge is 2.14. The number of rotatable bonds is 6. The molecule has 0 spiro atoms. The first-order valence-corrected chi connectivity index (χ1v) is 7.99. The van der Waals surface area contributed by atoms with E-state index in [1.165, 1.54) is 12.4 Å². The number of benzene rings is 2. The summed E-state index contributed by atoms with van der Waals surface area (Å²) in [6, 6.07) is 12.2. The number of nitrogens with zero attached hydrogens (tertiary/aromatic N) is 2. The molecular formula is C19H15F2N3O3. The number of nitrogens with one attached hydrogen (secondary N) is 1. The highest BCUT2D eigenvalue weighted by atomic mass is 19.1. The van der Waals surface area contributed by atoms with Crippen LogP contribution in [0.15, 0.2) is 60.9 Å². The summed E-state index contributed by atoms with van der Waals surface area (Å²) in [7, 11) is 0. The second-order valence-corrected chi connectivity index (χ2v) is 5.66. The minimum absolute atomic E-state index is 0.177. The summed E-state index contributed by atoms with van der Waals surface area (Å²) in [5.74, 6) is -3.03. The number of ether oxygens (including phenoxy) is 1. The molecule has 1 N–H and O–H groups in total. The second kappa shape index (κ2) is 8.22. The third-order valence-corrected chi connectivity index (χ3v) is 3.59. The van der Waals surface area contributed by atoms with Gasteiger partial charge in [-0.05, 0) is 17.7 Å². The van der Waals surface area contributed by atoms with E-state index in [1.54, 1.807) is 4.68 Å². The molecule has 0 fully saturated rings. The molecule has 2 aromatic carbocycles. The lowest BCUT2D eigenvalue weighted by Crippen LogP contribution is -2.21. The second-order valence-electron chi connectivity index (χ2n) is 5.66. The number of hydrogen-bond donors (Lipinski definition) is 1. The molecule has 0 aliphatic carbocycles. The van der Waals surface area contributed by atoms with Crippen molar-refractivity contribution in [2.24, 2.45) is 0 Å². The third kappa shape index (κ3) is 4.97. The fraction of sp³-hybridized carbons (Fsp3) is 0.105. The lowest BCUT2D eigenvalue weighted by Gasteiger charge is -2.07. The van der Waals surface area contributed by atoms with Crippen molar-refractivity contribution in [2.45, 2.75) is 6.54 Å². The van der Waals surface area contributed by atoms with Crippen LogP contribution in [0.1, 0.15) is 15.9 Å². The molecule has 3 aromatic rings. The van der Waals surface area contributed by atoms with Gasteiger partial charge in [-0.1, -0.05) is 30.3 Å². The highest BCUT2D eigenvalue weighted by molar-refractivity contribution is 5.95. The Hall–Kier alpha value is -3.55. The van der Waals surface area contributed by atoms with E-state index in [-0.39, 0.29) is 11.3 Å². The number of carbonyl (C=O) groups is 2. The first-order chi connectivity index (χ1) is 13.0. The van der Waals surface area contributed by atoms with Crippen LogP contribution >= 0.6 is 0 Å². The largest absolute Gasteiger partial charge is 0.452 e. The van der Waals surface area contributed by atoms with Gasteiger partial charge < -0.3 is 10.1 Å². The number of amides is 1. The predicted molar refractivity (Wildman–Crippen MR) is 93.0 cm³/mol. The standard InChI is InChI=1S/C19H15F2N3O3/c20-15-6-7-16(21)17(8-15)23-18(25)12-27-19(26)14-9-22-24(11-14)10-13-4-2-1-3-5-13/h1-9,11H,10,12H2,(H,23,25). The molecule has 0 bridgehead atoms. The van der Waals surface area contributed by atoms with Crippen molar-refractivity contribution in [2.75, 3.05) is 11.9 Å². The van der Waals surface area contributed by atoms with Crippen LogP contribution in [0.5, 0.6) is 0 Å². The molecule has 0 aliphatic heterocycles. The highest BCUT2D eigenvalue weighted by Crippen LogP contribution is 2.15. The van der Waals surface area contributed by atoms with Crippen molar-refractivity contribution in [1.82, 2.24) is 9.78 Å². The van der Waals surface area contributed by atoms with Gasteiger partial charge in [-0.25, -0.2) is 13.6 Å². The van der Waals surface area contributed by atoms with Crippen LogP contribution in [-0.4, -0.2) is 28.3 Å². The first kappa shape index (κ1) is 18.2. The minimum atomic E-state index is -0.793. The van der Waals surface area contributed by atoms with Crippen molar-refractivity contribution in [1.29, 1.82) is 0 Å². The van der Waals surface area contributed by atoms with E-state index in [0.29, 0.717) is 6.54 Å². The van der Waals surface area contributed by atoms with Crippen LogP contribution in [0.3, 0.4) is 0 Å². The molecule has 27 heavy (non-hydrogen) atoms. The molecule has 0 saturated heterocycles. The summed E-state index contributed by atoms with van der Waals surface area (Å²) < 4.78 is 33.0. The van der Waals surface area contributed by atoms with Crippen LogP contribution in [0.25, 0.3) is 0 Å². The minimum Gasteiger partial charge on any atom is -0.452 e. The zero-order valence-corrected chi connectivity index (χ0v) is 14.1. The van der Waals surface area contributed by atoms with Gasteiger partial charge in [0.15, 0.2) is 6.61 Å². The Morgan fingerprint density at radius 2 is 1.89 bits per heavy atom. The quantitative estimate of drug-likeness (QED) is 0.676. The Bertz CT molecular complexity index is 958. The van der Waals surface area contributed by atoms with Crippen LogP contribution in [0.4, 0.5) is 14.5 Å². The average Bonchev–Trinajstić information content (AvgIpc) is 3.12. The Morgan fingerprint density at radius 3 is 2.67 bits per heavy atom. The maximum absolute atomic E-state index is 13.5. The fourth-order valence-electron chi connectivity index (χ4n) is 2.32. The molecule has 1 heterocycles. The smallest absolute Gasteiger partial charge is 0.341 e. The SMILES string of the molecule is O=C(COC(=O)c1cnn(Cc2ccccc2)c1)Nc1cc(F)ccc1F. The first-order valence-electron chi connectivity index (χ1n) is 7.99. The van der Waals surface area contributed by atoms with Crippen LogP contribution in [0, 0.1) is 11.6 Å². The topological polar surface area (TPSA) is 73.2 Å². The van der Waals surface area contributed by atoms with Crippen LogP contribution in [-0.2, 0) is 16.1 Å². The molecule has 3 rings (SSSR count). The summed E-state index contributed by atoms with van der Waals surface area (Å²) in [6.45, 7) is -0.161. The molecular weight excluding hydrogens is 356 g/mol. The monoisotopic (exact) mass is 371 g/mol. The van der Waals surface area contributed by atoms with Crippen molar-refractivity contribution in [3.8, 4) is 0 Å². The van der Waals surface area contributed by atoms with E-state index in [2.05, 4.69) is 10.4 Å². The molecule has 1 aromatic heterocycles. The number of aromatic nitrogens is 2. The maximum atomic E-state index is 13.5. The van der Waals surface area contributed by atoms with E-state index >= 15 is 0 Å². The number of carbonyl (C=O) groups excluding carboxylic acids is 2. The normalized spacial score (nSPS) is 10.4. The zero-order chi connectivity index (χ0) is 19.2. The van der Waals surface area contributed by atoms with Gasteiger partial charge in [-0.3, -0.25) is 9.48 Å². The average molecular weight is 371 g/mol. The van der Waals surface area contributed by atoms with Gasteiger partial charge in [-0.15, -0.1) is 0 Å². The van der Waals surface area contributed by atoms with Gasteiger partial charge in [0.2, 0.25) is 0 Å². The molecule has 0 saturated carbocycles. The number of hydrogen-bond acceptors (Lipinski definition) is 4. The van der Waals surface area contributed by atoms with Crippen LogP contribution < -0.4 is 5.32 Å². The van der Waals surface area contributed by atoms with Gasteiger partial charge in [0.1, 0.15) is 11.6 Å². The summed E-state index contributed by atoms with van der Waals surface area (Å²) in [6.07, 6.45) is 2.83. The van der Waals surface area contributed by atoms with Gasteiger partial charge in [0, 0.05) is 12.3 Å². The van der Waals surface area contributed by atoms with Gasteiger partial charge in [0.05, 0.1) is 24.0 Å².